The highest BCUT2D eigenvalue weighted by molar-refractivity contribution is 7.89. The van der Waals surface area contributed by atoms with Gasteiger partial charge in [0.1, 0.15) is 6.04 Å². The highest BCUT2D eigenvalue weighted by Crippen LogP contribution is 2.30. The van der Waals surface area contributed by atoms with Crippen molar-refractivity contribution < 1.29 is 23.4 Å². The maximum absolute atomic E-state index is 12.7. The zero-order valence-corrected chi connectivity index (χ0v) is 12.7. The van der Waals surface area contributed by atoms with E-state index in [4.69, 9.17) is 11.6 Å². The molecule has 0 amide bonds. The molecule has 21 heavy (non-hydrogen) atoms. The molecule has 1 fully saturated rings. The van der Waals surface area contributed by atoms with Gasteiger partial charge >= 0.3 is 5.97 Å². The van der Waals surface area contributed by atoms with Crippen molar-refractivity contribution in [2.24, 2.45) is 0 Å². The number of aliphatic hydroxyl groups excluding tert-OH is 1. The second-order valence-corrected chi connectivity index (χ2v) is 7.19. The van der Waals surface area contributed by atoms with Gasteiger partial charge in [0, 0.05) is 11.1 Å². The summed E-state index contributed by atoms with van der Waals surface area (Å²) in [6.45, 7) is -0.406. The summed E-state index contributed by atoms with van der Waals surface area (Å²) < 4.78 is 26.3. The van der Waals surface area contributed by atoms with Crippen LogP contribution in [-0.2, 0) is 14.8 Å². The quantitative estimate of drug-likeness (QED) is 0.866. The van der Waals surface area contributed by atoms with Gasteiger partial charge in [0.15, 0.2) is 0 Å². The molecule has 1 aliphatic rings. The fraction of sp³-hybridized carbons (Fsp3) is 0.462. The lowest BCUT2D eigenvalue weighted by Gasteiger charge is -2.38. The number of carbonyl (C=O) groups is 1. The number of benzene rings is 1. The van der Waals surface area contributed by atoms with Crippen LogP contribution in [0.4, 0.5) is 0 Å². The third-order valence-electron chi connectivity index (χ3n) is 3.57. The Morgan fingerprint density at radius 3 is 2.43 bits per heavy atom. The number of piperidine rings is 1. The van der Waals surface area contributed by atoms with Crippen molar-refractivity contribution in [1.82, 2.24) is 4.31 Å². The Labute approximate surface area is 128 Å². The number of carboxylic acid groups (broad SMARTS) is 1. The van der Waals surface area contributed by atoms with Crippen LogP contribution < -0.4 is 0 Å². The van der Waals surface area contributed by atoms with E-state index in [1.807, 2.05) is 0 Å². The Balaban J connectivity index is 2.46. The molecule has 0 radical (unpaired) electrons. The van der Waals surface area contributed by atoms with Crippen molar-refractivity contribution in [3.63, 3.8) is 0 Å². The van der Waals surface area contributed by atoms with Gasteiger partial charge < -0.3 is 10.2 Å². The van der Waals surface area contributed by atoms with E-state index in [-0.39, 0.29) is 11.3 Å². The maximum atomic E-state index is 12.7. The summed E-state index contributed by atoms with van der Waals surface area (Å²) in [7, 11) is -4.00. The van der Waals surface area contributed by atoms with Gasteiger partial charge in [-0.05, 0) is 43.5 Å². The minimum atomic E-state index is -4.00. The minimum Gasteiger partial charge on any atom is -0.480 e. The molecule has 2 rings (SSSR count). The summed E-state index contributed by atoms with van der Waals surface area (Å²) in [6.07, 6.45) is 1.24. The summed E-state index contributed by atoms with van der Waals surface area (Å²) in [5.41, 5.74) is 0. The van der Waals surface area contributed by atoms with Crippen LogP contribution in [0.1, 0.15) is 19.3 Å². The molecule has 2 unspecified atom stereocenters. The molecular weight excluding hydrogens is 318 g/mol. The van der Waals surface area contributed by atoms with Crippen molar-refractivity contribution in [2.45, 2.75) is 36.2 Å². The monoisotopic (exact) mass is 333 g/mol. The molecule has 6 nitrogen and oxygen atoms in total. The zero-order chi connectivity index (χ0) is 15.6. The Hall–Kier alpha value is -1.15. The SMILES string of the molecule is O=C(O)C1CCCC(CO)N1S(=O)(=O)c1ccc(Cl)cc1. The van der Waals surface area contributed by atoms with Gasteiger partial charge in [-0.15, -0.1) is 0 Å². The molecule has 2 N–H and O–H groups in total. The number of rotatable bonds is 4. The van der Waals surface area contributed by atoms with E-state index in [1.165, 1.54) is 24.3 Å². The van der Waals surface area contributed by atoms with E-state index in [2.05, 4.69) is 0 Å². The molecule has 1 aromatic carbocycles. The highest BCUT2D eigenvalue weighted by atomic mass is 35.5. The van der Waals surface area contributed by atoms with E-state index in [1.54, 1.807) is 0 Å². The van der Waals surface area contributed by atoms with Crippen molar-refractivity contribution in [2.75, 3.05) is 6.61 Å². The lowest BCUT2D eigenvalue weighted by molar-refractivity contribution is -0.143. The fourth-order valence-corrected chi connectivity index (χ4v) is 4.50. The van der Waals surface area contributed by atoms with Gasteiger partial charge in [-0.2, -0.15) is 4.31 Å². The molecule has 0 saturated carbocycles. The van der Waals surface area contributed by atoms with Gasteiger partial charge in [-0.25, -0.2) is 8.42 Å². The number of aliphatic carboxylic acids is 1. The molecule has 8 heteroatoms. The molecule has 0 bridgehead atoms. The van der Waals surface area contributed by atoms with Crippen LogP contribution in [0.5, 0.6) is 0 Å². The molecule has 0 aromatic heterocycles. The molecule has 1 saturated heterocycles. The first-order chi connectivity index (χ1) is 9.87. The van der Waals surface area contributed by atoms with Crippen LogP contribution in [0.2, 0.25) is 5.02 Å². The number of sulfonamides is 1. The number of hydrogen-bond donors (Lipinski definition) is 2. The maximum Gasteiger partial charge on any atom is 0.322 e. The molecule has 0 aliphatic carbocycles. The van der Waals surface area contributed by atoms with Gasteiger partial charge in [-0.1, -0.05) is 11.6 Å². The van der Waals surface area contributed by atoms with Crippen molar-refractivity contribution in [3.05, 3.63) is 29.3 Å². The van der Waals surface area contributed by atoms with E-state index < -0.39 is 34.7 Å². The standard InChI is InChI=1S/C13H16ClNO5S/c14-9-4-6-11(7-5-9)21(19,20)15-10(8-16)2-1-3-12(15)13(17)18/h4-7,10,12,16H,1-3,8H2,(H,17,18). The average molecular weight is 334 g/mol. The van der Waals surface area contributed by atoms with E-state index in [0.717, 1.165) is 4.31 Å². The predicted molar refractivity (Wildman–Crippen MR) is 76.6 cm³/mol. The van der Waals surface area contributed by atoms with Crippen LogP contribution in [0.3, 0.4) is 0 Å². The van der Waals surface area contributed by atoms with Gasteiger partial charge in [0.05, 0.1) is 11.5 Å². The Morgan fingerprint density at radius 1 is 1.29 bits per heavy atom. The van der Waals surface area contributed by atoms with E-state index in [9.17, 15) is 23.4 Å². The van der Waals surface area contributed by atoms with Gasteiger partial charge in [-0.3, -0.25) is 4.79 Å². The fourth-order valence-electron chi connectivity index (χ4n) is 2.55. The molecule has 1 aromatic rings. The van der Waals surface area contributed by atoms with Crippen molar-refractivity contribution >= 4 is 27.6 Å². The van der Waals surface area contributed by atoms with Crippen LogP contribution in [0, 0.1) is 0 Å². The second kappa shape index (κ2) is 6.31. The summed E-state index contributed by atoms with van der Waals surface area (Å²) in [5, 5.41) is 19.1. The third kappa shape index (κ3) is 3.21. The van der Waals surface area contributed by atoms with Crippen molar-refractivity contribution in [1.29, 1.82) is 0 Å². The van der Waals surface area contributed by atoms with Crippen LogP contribution in [-0.4, -0.2) is 47.6 Å². The van der Waals surface area contributed by atoms with Gasteiger partial charge in [0.2, 0.25) is 10.0 Å². The molecule has 1 heterocycles. The second-order valence-electron chi connectivity index (χ2n) is 4.91. The van der Waals surface area contributed by atoms with Crippen molar-refractivity contribution in [3.8, 4) is 0 Å². The Kier molecular flexibility index (Phi) is 4.88. The zero-order valence-electron chi connectivity index (χ0n) is 11.1. The number of carboxylic acids is 1. The Bertz CT molecular complexity index is 616. The van der Waals surface area contributed by atoms with E-state index >= 15 is 0 Å². The van der Waals surface area contributed by atoms with Gasteiger partial charge in [0.25, 0.3) is 0 Å². The molecular formula is C13H16ClNO5S. The first kappa shape index (κ1) is 16.2. The largest absolute Gasteiger partial charge is 0.480 e. The first-order valence-electron chi connectivity index (χ1n) is 6.50. The lowest BCUT2D eigenvalue weighted by Crippen LogP contribution is -2.54. The summed E-state index contributed by atoms with van der Waals surface area (Å²) >= 11 is 5.74. The first-order valence-corrected chi connectivity index (χ1v) is 8.32. The molecule has 2 atom stereocenters. The topological polar surface area (TPSA) is 94.9 Å². The number of halogens is 1. The van der Waals surface area contributed by atoms with E-state index in [0.29, 0.717) is 17.9 Å². The average Bonchev–Trinajstić information content (AvgIpc) is 2.46. The summed E-state index contributed by atoms with van der Waals surface area (Å²) in [5.74, 6) is -1.20. The summed E-state index contributed by atoms with van der Waals surface area (Å²) in [4.78, 5) is 11.3. The molecule has 0 spiro atoms. The number of hydrogen-bond acceptors (Lipinski definition) is 4. The number of nitrogens with zero attached hydrogens (tertiary/aromatic N) is 1. The highest BCUT2D eigenvalue weighted by Gasteiger charge is 2.42. The lowest BCUT2D eigenvalue weighted by atomic mass is 9.99. The smallest absolute Gasteiger partial charge is 0.322 e. The minimum absolute atomic E-state index is 0.0292. The van der Waals surface area contributed by atoms with Crippen LogP contribution >= 0.6 is 11.6 Å². The summed E-state index contributed by atoms with van der Waals surface area (Å²) in [6, 6.07) is 3.65. The molecule has 116 valence electrons. The Morgan fingerprint density at radius 2 is 1.90 bits per heavy atom. The number of aliphatic hydroxyl groups is 1. The normalized spacial score (nSPS) is 23.9. The predicted octanol–water partition coefficient (Wildman–Crippen LogP) is 1.33. The van der Waals surface area contributed by atoms with Crippen LogP contribution in [0.25, 0.3) is 0 Å². The van der Waals surface area contributed by atoms with Crippen LogP contribution in [0.15, 0.2) is 29.2 Å². The molecule has 1 aliphatic heterocycles. The third-order valence-corrected chi connectivity index (χ3v) is 5.79.